The zero-order chi connectivity index (χ0) is 19.2. The van der Waals surface area contributed by atoms with Gasteiger partial charge < -0.3 is 19.2 Å². The molecule has 3 rings (SSSR count). The molecule has 3 aromatic rings. The van der Waals surface area contributed by atoms with Crippen LogP contribution < -0.4 is 10.1 Å². The van der Waals surface area contributed by atoms with Crippen molar-refractivity contribution in [3.8, 4) is 5.75 Å². The number of furan rings is 1. The van der Waals surface area contributed by atoms with Gasteiger partial charge in [-0.05, 0) is 25.1 Å². The maximum Gasteiger partial charge on any atom is 0.375 e. The number of nitrogens with one attached hydrogen (secondary N) is 1. The van der Waals surface area contributed by atoms with Crippen LogP contribution in [-0.4, -0.2) is 31.6 Å². The molecule has 2 aromatic carbocycles. The third kappa shape index (κ3) is 4.44. The van der Waals surface area contributed by atoms with E-state index >= 15 is 0 Å². The van der Waals surface area contributed by atoms with Gasteiger partial charge in [0.05, 0.1) is 6.54 Å². The second-order valence-corrected chi connectivity index (χ2v) is 5.76. The highest BCUT2D eigenvalue weighted by molar-refractivity contribution is 5.96. The Morgan fingerprint density at radius 1 is 1.11 bits per heavy atom. The lowest BCUT2D eigenvalue weighted by Crippen LogP contribution is -2.32. The van der Waals surface area contributed by atoms with E-state index in [1.54, 1.807) is 13.0 Å². The van der Waals surface area contributed by atoms with Crippen LogP contribution in [-0.2, 0) is 9.53 Å². The van der Waals surface area contributed by atoms with E-state index in [0.29, 0.717) is 16.7 Å². The first kappa shape index (κ1) is 18.4. The number of ether oxygens (including phenoxy) is 2. The molecule has 0 spiro atoms. The summed E-state index contributed by atoms with van der Waals surface area (Å²) in [6.45, 7) is 1.71. The van der Waals surface area contributed by atoms with Gasteiger partial charge in [0, 0.05) is 10.9 Å². The number of carbonyl (C=O) groups excluding carboxylic acids is 2. The lowest BCUT2D eigenvalue weighted by Gasteiger charge is -2.08. The van der Waals surface area contributed by atoms with Crippen molar-refractivity contribution in [2.75, 3.05) is 19.8 Å². The topological polar surface area (TPSA) is 77.8 Å². The fourth-order valence-electron chi connectivity index (χ4n) is 2.53. The average Bonchev–Trinajstić information content (AvgIpc) is 3.02. The zero-order valence-corrected chi connectivity index (χ0v) is 14.7. The van der Waals surface area contributed by atoms with Crippen LogP contribution in [0.15, 0.2) is 52.9 Å². The van der Waals surface area contributed by atoms with Crippen LogP contribution in [0.5, 0.6) is 5.75 Å². The van der Waals surface area contributed by atoms with Gasteiger partial charge in [-0.3, -0.25) is 4.79 Å². The van der Waals surface area contributed by atoms with Crippen molar-refractivity contribution in [1.29, 1.82) is 0 Å². The van der Waals surface area contributed by atoms with Gasteiger partial charge in [0.25, 0.3) is 5.91 Å². The summed E-state index contributed by atoms with van der Waals surface area (Å²) in [6.07, 6.45) is 0. The predicted molar refractivity (Wildman–Crippen MR) is 96.1 cm³/mol. The van der Waals surface area contributed by atoms with E-state index in [0.717, 1.165) is 0 Å². The van der Waals surface area contributed by atoms with Crippen molar-refractivity contribution < 1.29 is 27.9 Å². The van der Waals surface area contributed by atoms with Gasteiger partial charge in [0.1, 0.15) is 12.4 Å². The van der Waals surface area contributed by atoms with Crippen molar-refractivity contribution in [2.24, 2.45) is 0 Å². The molecule has 0 aliphatic rings. The molecule has 140 valence electrons. The van der Waals surface area contributed by atoms with E-state index in [1.807, 2.05) is 30.3 Å². The summed E-state index contributed by atoms with van der Waals surface area (Å²) in [5.41, 5.74) is 0.454. The lowest BCUT2D eigenvalue weighted by atomic mass is 10.1. The van der Waals surface area contributed by atoms with E-state index in [4.69, 9.17) is 13.9 Å². The van der Waals surface area contributed by atoms with Gasteiger partial charge >= 0.3 is 5.97 Å². The second kappa shape index (κ2) is 8.35. The molecule has 1 N–H and O–H groups in total. The first-order valence-electron chi connectivity index (χ1n) is 8.35. The number of benzene rings is 2. The summed E-state index contributed by atoms with van der Waals surface area (Å²) >= 11 is 0. The third-order valence-corrected chi connectivity index (χ3v) is 3.87. The molecule has 0 fully saturated rings. The van der Waals surface area contributed by atoms with Gasteiger partial charge in [-0.25, -0.2) is 9.18 Å². The Balaban J connectivity index is 1.47. The molecule has 1 heterocycles. The molecule has 0 aliphatic carbocycles. The molecular formula is C20H18FNO5. The highest BCUT2D eigenvalue weighted by atomic mass is 19.1. The molecule has 0 unspecified atom stereocenters. The van der Waals surface area contributed by atoms with Crippen LogP contribution in [0, 0.1) is 12.7 Å². The maximum absolute atomic E-state index is 13.7. The van der Waals surface area contributed by atoms with Crippen molar-refractivity contribution in [3.63, 3.8) is 0 Å². The quantitative estimate of drug-likeness (QED) is 0.510. The molecule has 0 aliphatic heterocycles. The number of rotatable bonds is 7. The molecule has 27 heavy (non-hydrogen) atoms. The molecule has 0 saturated heterocycles. The first-order valence-corrected chi connectivity index (χ1v) is 8.35. The minimum Gasteiger partial charge on any atom is -0.492 e. The molecule has 0 saturated carbocycles. The Morgan fingerprint density at radius 3 is 2.63 bits per heavy atom. The minimum absolute atomic E-state index is 0.00976. The summed E-state index contributed by atoms with van der Waals surface area (Å²) < 4.78 is 29.4. The zero-order valence-electron chi connectivity index (χ0n) is 14.7. The largest absolute Gasteiger partial charge is 0.492 e. The SMILES string of the molecule is Cc1c(C(=O)OCC(=O)NCCOc2ccccc2)oc2c(F)cccc12. The summed E-state index contributed by atoms with van der Waals surface area (Å²) in [5.74, 6) is -1.27. The first-order chi connectivity index (χ1) is 13.1. The smallest absolute Gasteiger partial charge is 0.375 e. The molecule has 6 nitrogen and oxygen atoms in total. The Labute approximate surface area is 154 Å². The van der Waals surface area contributed by atoms with Crippen molar-refractivity contribution >= 4 is 22.8 Å². The molecule has 7 heteroatoms. The second-order valence-electron chi connectivity index (χ2n) is 5.76. The monoisotopic (exact) mass is 371 g/mol. The number of hydrogen-bond acceptors (Lipinski definition) is 5. The minimum atomic E-state index is -0.821. The summed E-state index contributed by atoms with van der Waals surface area (Å²) in [5, 5.41) is 3.07. The Morgan fingerprint density at radius 2 is 1.89 bits per heavy atom. The number of esters is 1. The van der Waals surface area contributed by atoms with E-state index in [9.17, 15) is 14.0 Å². The summed E-state index contributed by atoms with van der Waals surface area (Å²) in [4.78, 5) is 23.9. The van der Waals surface area contributed by atoms with E-state index in [2.05, 4.69) is 5.32 Å². The number of hydrogen-bond donors (Lipinski definition) is 1. The summed E-state index contributed by atoms with van der Waals surface area (Å²) in [6, 6.07) is 13.6. The van der Waals surface area contributed by atoms with E-state index in [1.165, 1.54) is 12.1 Å². The van der Waals surface area contributed by atoms with Crippen LogP contribution in [0.2, 0.25) is 0 Å². The number of fused-ring (bicyclic) bond motifs is 1. The standard InChI is InChI=1S/C20H18FNO5/c1-13-15-8-5-9-16(21)19(15)27-18(13)20(24)26-12-17(23)22-10-11-25-14-6-3-2-4-7-14/h2-9H,10-12H2,1H3,(H,22,23). The van der Waals surface area contributed by atoms with Crippen LogP contribution in [0.1, 0.15) is 16.1 Å². The number of carbonyl (C=O) groups is 2. The number of aryl methyl sites for hydroxylation is 1. The average molecular weight is 371 g/mol. The molecule has 0 atom stereocenters. The number of halogens is 1. The van der Waals surface area contributed by atoms with E-state index in [-0.39, 0.29) is 24.5 Å². The fraction of sp³-hybridized carbons (Fsp3) is 0.200. The van der Waals surface area contributed by atoms with Crippen molar-refractivity contribution in [1.82, 2.24) is 5.32 Å². The highest BCUT2D eigenvalue weighted by Crippen LogP contribution is 2.27. The highest BCUT2D eigenvalue weighted by Gasteiger charge is 2.21. The Kier molecular flexibility index (Phi) is 5.71. The number of amides is 1. The van der Waals surface area contributed by atoms with Crippen LogP contribution in [0.25, 0.3) is 11.0 Å². The molecule has 1 amide bonds. The molecule has 0 bridgehead atoms. The van der Waals surface area contributed by atoms with Crippen molar-refractivity contribution in [2.45, 2.75) is 6.92 Å². The fourth-order valence-corrected chi connectivity index (χ4v) is 2.53. The molecule has 0 radical (unpaired) electrons. The summed E-state index contributed by atoms with van der Waals surface area (Å²) in [7, 11) is 0. The van der Waals surface area contributed by atoms with Gasteiger partial charge in [-0.2, -0.15) is 0 Å². The maximum atomic E-state index is 13.7. The van der Waals surface area contributed by atoms with Gasteiger partial charge in [-0.15, -0.1) is 0 Å². The lowest BCUT2D eigenvalue weighted by molar-refractivity contribution is -0.124. The van der Waals surface area contributed by atoms with Gasteiger partial charge in [0.2, 0.25) is 5.76 Å². The van der Waals surface area contributed by atoms with Crippen LogP contribution in [0.3, 0.4) is 0 Å². The normalized spacial score (nSPS) is 10.6. The predicted octanol–water partition coefficient (Wildman–Crippen LogP) is 3.23. The van der Waals surface area contributed by atoms with Crippen LogP contribution in [0.4, 0.5) is 4.39 Å². The number of para-hydroxylation sites is 2. The Hall–Kier alpha value is -3.35. The Bertz CT molecular complexity index is 952. The van der Waals surface area contributed by atoms with Gasteiger partial charge in [-0.1, -0.05) is 30.3 Å². The van der Waals surface area contributed by atoms with Gasteiger partial charge in [0.15, 0.2) is 18.0 Å². The van der Waals surface area contributed by atoms with E-state index < -0.39 is 24.3 Å². The molecular weight excluding hydrogens is 353 g/mol. The molecule has 1 aromatic heterocycles. The van der Waals surface area contributed by atoms with Crippen molar-refractivity contribution in [3.05, 3.63) is 65.7 Å². The third-order valence-electron chi connectivity index (χ3n) is 3.87. The van der Waals surface area contributed by atoms with Crippen LogP contribution >= 0.6 is 0 Å².